The topological polar surface area (TPSA) is 47.0 Å². The molecule has 0 amide bonds. The van der Waals surface area contributed by atoms with Gasteiger partial charge in [0, 0.05) is 25.5 Å². The minimum atomic E-state index is 0.308. The molecule has 2 heterocycles. The fourth-order valence-electron chi connectivity index (χ4n) is 2.52. The summed E-state index contributed by atoms with van der Waals surface area (Å²) in [5, 5.41) is 3.33. The standard InChI is InChI=1S/C14H20BrN3O/c1-2-16-14-12(15)13(9-5-6-9)17-11(18-14)8-10-4-3-7-19-10/h9-10H,2-8H2,1H3,(H,16,17,18). The number of anilines is 1. The summed E-state index contributed by atoms with van der Waals surface area (Å²) in [6.45, 7) is 3.85. The zero-order chi connectivity index (χ0) is 13.2. The van der Waals surface area contributed by atoms with Gasteiger partial charge < -0.3 is 10.1 Å². The molecule has 1 aromatic heterocycles. The zero-order valence-corrected chi connectivity index (χ0v) is 12.9. The minimum absolute atomic E-state index is 0.308. The van der Waals surface area contributed by atoms with Gasteiger partial charge in [-0.05, 0) is 48.5 Å². The van der Waals surface area contributed by atoms with Gasteiger partial charge >= 0.3 is 0 Å². The van der Waals surface area contributed by atoms with Crippen molar-refractivity contribution in [2.75, 3.05) is 18.5 Å². The second-order valence-electron chi connectivity index (χ2n) is 5.33. The number of rotatable bonds is 5. The third-order valence-corrected chi connectivity index (χ3v) is 4.45. The Morgan fingerprint density at radius 2 is 2.16 bits per heavy atom. The van der Waals surface area contributed by atoms with E-state index in [1.165, 1.54) is 18.5 Å². The molecule has 1 aliphatic carbocycles. The van der Waals surface area contributed by atoms with Gasteiger partial charge in [-0.25, -0.2) is 9.97 Å². The average Bonchev–Trinajstić information content (AvgIpc) is 3.12. The zero-order valence-electron chi connectivity index (χ0n) is 11.3. The molecule has 3 rings (SSSR count). The van der Waals surface area contributed by atoms with Gasteiger partial charge in [-0.1, -0.05) is 0 Å². The van der Waals surface area contributed by atoms with Gasteiger partial charge in [-0.3, -0.25) is 0 Å². The van der Waals surface area contributed by atoms with Gasteiger partial charge in [0.15, 0.2) is 0 Å². The maximum Gasteiger partial charge on any atom is 0.144 e. The Bertz CT molecular complexity index is 456. The van der Waals surface area contributed by atoms with Crippen LogP contribution < -0.4 is 5.32 Å². The van der Waals surface area contributed by atoms with E-state index < -0.39 is 0 Å². The van der Waals surface area contributed by atoms with E-state index in [0.717, 1.165) is 48.5 Å². The van der Waals surface area contributed by atoms with Crippen molar-refractivity contribution in [2.24, 2.45) is 0 Å². The van der Waals surface area contributed by atoms with Gasteiger partial charge in [0.25, 0.3) is 0 Å². The molecule has 0 radical (unpaired) electrons. The smallest absolute Gasteiger partial charge is 0.144 e. The molecule has 4 nitrogen and oxygen atoms in total. The van der Waals surface area contributed by atoms with Crippen LogP contribution in [0.3, 0.4) is 0 Å². The Morgan fingerprint density at radius 3 is 2.79 bits per heavy atom. The predicted octanol–water partition coefficient (Wildman–Crippen LogP) is 3.27. The molecular formula is C14H20BrN3O. The number of halogens is 1. The average molecular weight is 326 g/mol. The summed E-state index contributed by atoms with van der Waals surface area (Å²) in [7, 11) is 0. The van der Waals surface area contributed by atoms with Gasteiger partial charge in [0.1, 0.15) is 11.6 Å². The van der Waals surface area contributed by atoms with E-state index >= 15 is 0 Å². The van der Waals surface area contributed by atoms with E-state index in [2.05, 4.69) is 33.2 Å². The van der Waals surface area contributed by atoms with Crippen LogP contribution in [0, 0.1) is 0 Å². The fourth-order valence-corrected chi connectivity index (χ4v) is 3.17. The van der Waals surface area contributed by atoms with Crippen LogP contribution in [-0.4, -0.2) is 29.2 Å². The Labute approximate surface area is 122 Å². The van der Waals surface area contributed by atoms with Crippen molar-refractivity contribution in [1.82, 2.24) is 9.97 Å². The maximum atomic E-state index is 5.69. The molecule has 1 aliphatic heterocycles. The summed E-state index contributed by atoms with van der Waals surface area (Å²) in [5.74, 6) is 2.48. The van der Waals surface area contributed by atoms with E-state index in [1.807, 2.05) is 0 Å². The third-order valence-electron chi connectivity index (χ3n) is 3.67. The van der Waals surface area contributed by atoms with E-state index in [9.17, 15) is 0 Å². The van der Waals surface area contributed by atoms with Crippen molar-refractivity contribution < 1.29 is 4.74 Å². The van der Waals surface area contributed by atoms with E-state index in [4.69, 9.17) is 9.72 Å². The van der Waals surface area contributed by atoms with Crippen LogP contribution in [0.5, 0.6) is 0 Å². The molecule has 0 aromatic carbocycles. The Balaban J connectivity index is 1.85. The number of nitrogens with zero attached hydrogens (tertiary/aromatic N) is 2. The number of ether oxygens (including phenoxy) is 1. The molecule has 19 heavy (non-hydrogen) atoms. The fraction of sp³-hybridized carbons (Fsp3) is 0.714. The van der Waals surface area contributed by atoms with Crippen LogP contribution in [-0.2, 0) is 11.2 Å². The molecule has 1 N–H and O–H groups in total. The van der Waals surface area contributed by atoms with Crippen LogP contribution in [0.4, 0.5) is 5.82 Å². The number of nitrogens with one attached hydrogen (secondary N) is 1. The molecule has 1 saturated heterocycles. The molecule has 2 aliphatic rings. The first-order valence-corrected chi connectivity index (χ1v) is 7.99. The van der Waals surface area contributed by atoms with Crippen molar-refractivity contribution in [2.45, 2.75) is 51.0 Å². The lowest BCUT2D eigenvalue weighted by atomic mass is 10.1. The molecule has 5 heteroatoms. The molecular weight excluding hydrogens is 306 g/mol. The maximum absolute atomic E-state index is 5.69. The first-order valence-electron chi connectivity index (χ1n) is 7.19. The highest BCUT2D eigenvalue weighted by atomic mass is 79.9. The lowest BCUT2D eigenvalue weighted by molar-refractivity contribution is 0.110. The quantitative estimate of drug-likeness (QED) is 0.902. The summed E-state index contributed by atoms with van der Waals surface area (Å²) in [6, 6.07) is 0. The highest BCUT2D eigenvalue weighted by Crippen LogP contribution is 2.43. The summed E-state index contributed by atoms with van der Waals surface area (Å²) in [4.78, 5) is 9.41. The largest absolute Gasteiger partial charge is 0.378 e. The Hall–Kier alpha value is -0.680. The lowest BCUT2D eigenvalue weighted by Gasteiger charge is -2.14. The van der Waals surface area contributed by atoms with Crippen molar-refractivity contribution in [3.8, 4) is 0 Å². The Kier molecular flexibility index (Phi) is 4.03. The number of aromatic nitrogens is 2. The first-order chi connectivity index (χ1) is 9.28. The molecule has 0 bridgehead atoms. The summed E-state index contributed by atoms with van der Waals surface area (Å²) in [5.41, 5.74) is 1.18. The lowest BCUT2D eigenvalue weighted by Crippen LogP contribution is -2.14. The third kappa shape index (κ3) is 3.08. The van der Waals surface area contributed by atoms with Crippen molar-refractivity contribution in [3.63, 3.8) is 0 Å². The highest BCUT2D eigenvalue weighted by Gasteiger charge is 2.30. The summed E-state index contributed by atoms with van der Waals surface area (Å²) < 4.78 is 6.74. The number of hydrogen-bond acceptors (Lipinski definition) is 4. The molecule has 1 saturated carbocycles. The monoisotopic (exact) mass is 325 g/mol. The van der Waals surface area contributed by atoms with Crippen LogP contribution in [0.2, 0.25) is 0 Å². The molecule has 1 atom stereocenters. The first kappa shape index (κ1) is 13.3. The van der Waals surface area contributed by atoms with Gasteiger partial charge in [0.2, 0.25) is 0 Å². The van der Waals surface area contributed by atoms with Gasteiger partial charge in [-0.15, -0.1) is 0 Å². The highest BCUT2D eigenvalue weighted by molar-refractivity contribution is 9.10. The molecule has 1 aromatic rings. The van der Waals surface area contributed by atoms with Crippen LogP contribution >= 0.6 is 15.9 Å². The molecule has 0 spiro atoms. The molecule has 2 fully saturated rings. The summed E-state index contributed by atoms with van der Waals surface area (Å²) in [6.07, 6.45) is 5.94. The predicted molar refractivity (Wildman–Crippen MR) is 78.5 cm³/mol. The van der Waals surface area contributed by atoms with Crippen molar-refractivity contribution in [1.29, 1.82) is 0 Å². The van der Waals surface area contributed by atoms with Crippen molar-refractivity contribution in [3.05, 3.63) is 16.0 Å². The normalized spacial score (nSPS) is 22.7. The van der Waals surface area contributed by atoms with Crippen LogP contribution in [0.1, 0.15) is 50.0 Å². The Morgan fingerprint density at radius 1 is 1.32 bits per heavy atom. The minimum Gasteiger partial charge on any atom is -0.378 e. The van der Waals surface area contributed by atoms with Crippen molar-refractivity contribution >= 4 is 21.7 Å². The summed E-state index contributed by atoms with van der Waals surface area (Å²) >= 11 is 3.65. The van der Waals surface area contributed by atoms with Crippen LogP contribution in [0.15, 0.2) is 4.47 Å². The van der Waals surface area contributed by atoms with Gasteiger partial charge in [0.05, 0.1) is 16.3 Å². The second kappa shape index (κ2) is 5.75. The van der Waals surface area contributed by atoms with E-state index in [0.29, 0.717) is 12.0 Å². The van der Waals surface area contributed by atoms with Crippen LogP contribution in [0.25, 0.3) is 0 Å². The van der Waals surface area contributed by atoms with E-state index in [-0.39, 0.29) is 0 Å². The SMILES string of the molecule is CCNc1nc(CC2CCCO2)nc(C2CC2)c1Br. The molecule has 104 valence electrons. The van der Waals surface area contributed by atoms with Gasteiger partial charge in [-0.2, -0.15) is 0 Å². The van der Waals surface area contributed by atoms with E-state index in [1.54, 1.807) is 0 Å². The molecule has 1 unspecified atom stereocenters. The number of hydrogen-bond donors (Lipinski definition) is 1. The second-order valence-corrected chi connectivity index (χ2v) is 6.12.